The molecular formula is C16H24N2O. The summed E-state index contributed by atoms with van der Waals surface area (Å²) in [7, 11) is 2.20. The molecule has 3 nitrogen and oxygen atoms in total. The van der Waals surface area contributed by atoms with Gasteiger partial charge in [0, 0.05) is 6.54 Å². The van der Waals surface area contributed by atoms with Crippen molar-refractivity contribution in [3.05, 3.63) is 29.3 Å². The van der Waals surface area contributed by atoms with Gasteiger partial charge >= 0.3 is 0 Å². The van der Waals surface area contributed by atoms with E-state index >= 15 is 0 Å². The van der Waals surface area contributed by atoms with Gasteiger partial charge in [-0.25, -0.2) is 0 Å². The van der Waals surface area contributed by atoms with Crippen molar-refractivity contribution in [2.75, 3.05) is 33.3 Å². The molecule has 0 unspecified atom stereocenters. The lowest BCUT2D eigenvalue weighted by atomic mass is 9.98. The van der Waals surface area contributed by atoms with Crippen molar-refractivity contribution in [3.8, 4) is 5.75 Å². The van der Waals surface area contributed by atoms with Crippen molar-refractivity contribution < 1.29 is 4.74 Å². The Morgan fingerprint density at radius 3 is 2.95 bits per heavy atom. The summed E-state index contributed by atoms with van der Waals surface area (Å²) < 4.78 is 6.01. The first-order valence-corrected chi connectivity index (χ1v) is 7.45. The van der Waals surface area contributed by atoms with Crippen LogP contribution in [0.4, 0.5) is 0 Å². The minimum absolute atomic E-state index is 0.730. The molecule has 3 heteroatoms. The van der Waals surface area contributed by atoms with Crippen molar-refractivity contribution in [3.63, 3.8) is 0 Å². The van der Waals surface area contributed by atoms with Crippen LogP contribution in [0.3, 0.4) is 0 Å². The Hall–Kier alpha value is -1.06. The largest absolute Gasteiger partial charge is 0.493 e. The third-order valence-electron chi connectivity index (χ3n) is 4.39. The van der Waals surface area contributed by atoms with Crippen LogP contribution >= 0.6 is 0 Å². The number of benzene rings is 1. The molecule has 0 aliphatic carbocycles. The van der Waals surface area contributed by atoms with Gasteiger partial charge in [0.25, 0.3) is 0 Å². The fourth-order valence-corrected chi connectivity index (χ4v) is 2.99. The van der Waals surface area contributed by atoms with Crippen molar-refractivity contribution in [2.45, 2.75) is 25.8 Å². The molecule has 0 bridgehead atoms. The predicted molar refractivity (Wildman–Crippen MR) is 77.6 cm³/mol. The molecule has 19 heavy (non-hydrogen) atoms. The first kappa shape index (κ1) is 12.9. The Morgan fingerprint density at radius 1 is 1.26 bits per heavy atom. The van der Waals surface area contributed by atoms with Crippen LogP contribution < -0.4 is 10.1 Å². The van der Waals surface area contributed by atoms with Gasteiger partial charge in [-0.05, 0) is 75.1 Å². The van der Waals surface area contributed by atoms with Crippen LogP contribution in [0.15, 0.2) is 18.2 Å². The average molecular weight is 260 g/mol. The predicted octanol–water partition coefficient (Wildman–Crippen LogP) is 2.05. The average Bonchev–Trinajstić information content (AvgIpc) is 2.46. The summed E-state index contributed by atoms with van der Waals surface area (Å²) in [6.45, 7) is 5.40. The summed E-state index contributed by atoms with van der Waals surface area (Å²) in [5, 5.41) is 3.40. The first-order valence-electron chi connectivity index (χ1n) is 7.45. The van der Waals surface area contributed by atoms with Gasteiger partial charge in [-0.1, -0.05) is 6.07 Å². The van der Waals surface area contributed by atoms with E-state index in [2.05, 4.69) is 35.5 Å². The van der Waals surface area contributed by atoms with Gasteiger partial charge in [-0.2, -0.15) is 0 Å². The summed E-state index contributed by atoms with van der Waals surface area (Å²) in [6.07, 6.45) is 3.66. The highest BCUT2D eigenvalue weighted by molar-refractivity contribution is 5.37. The first-order chi connectivity index (χ1) is 9.31. The SMILES string of the molecule is CN1CCC(COc2ccc3c(c2)CCNC3)CC1. The molecule has 0 atom stereocenters. The van der Waals surface area contributed by atoms with Gasteiger partial charge in [0.2, 0.25) is 0 Å². The smallest absolute Gasteiger partial charge is 0.119 e. The fraction of sp³-hybridized carbons (Fsp3) is 0.625. The van der Waals surface area contributed by atoms with E-state index in [1.165, 1.54) is 37.1 Å². The number of likely N-dealkylation sites (tertiary alicyclic amines) is 1. The van der Waals surface area contributed by atoms with Crippen molar-refractivity contribution in [1.82, 2.24) is 10.2 Å². The highest BCUT2D eigenvalue weighted by Gasteiger charge is 2.17. The second kappa shape index (κ2) is 5.93. The molecule has 0 amide bonds. The lowest BCUT2D eigenvalue weighted by Crippen LogP contribution is -2.32. The lowest BCUT2D eigenvalue weighted by Gasteiger charge is -2.28. The Bertz CT molecular complexity index is 425. The third kappa shape index (κ3) is 3.28. The minimum Gasteiger partial charge on any atom is -0.493 e. The minimum atomic E-state index is 0.730. The molecule has 3 rings (SSSR count). The second-order valence-electron chi connectivity index (χ2n) is 5.91. The van der Waals surface area contributed by atoms with E-state index in [-0.39, 0.29) is 0 Å². The van der Waals surface area contributed by atoms with E-state index in [0.29, 0.717) is 0 Å². The summed E-state index contributed by atoms with van der Waals surface area (Å²) in [6, 6.07) is 6.58. The van der Waals surface area contributed by atoms with Crippen molar-refractivity contribution >= 4 is 0 Å². The number of fused-ring (bicyclic) bond motifs is 1. The quantitative estimate of drug-likeness (QED) is 0.900. The number of nitrogens with zero attached hydrogens (tertiary/aromatic N) is 1. The van der Waals surface area contributed by atoms with Crippen LogP contribution in [-0.2, 0) is 13.0 Å². The van der Waals surface area contributed by atoms with E-state index in [1.807, 2.05) is 0 Å². The molecule has 2 heterocycles. The zero-order valence-corrected chi connectivity index (χ0v) is 11.8. The fourth-order valence-electron chi connectivity index (χ4n) is 2.99. The van der Waals surface area contributed by atoms with Crippen LogP contribution in [-0.4, -0.2) is 38.2 Å². The maximum absolute atomic E-state index is 6.01. The Kier molecular flexibility index (Phi) is 4.04. The van der Waals surface area contributed by atoms with Gasteiger partial charge in [0.05, 0.1) is 6.61 Å². The number of ether oxygens (including phenoxy) is 1. The molecule has 2 aliphatic heterocycles. The highest BCUT2D eigenvalue weighted by atomic mass is 16.5. The molecule has 1 fully saturated rings. The topological polar surface area (TPSA) is 24.5 Å². The van der Waals surface area contributed by atoms with Crippen molar-refractivity contribution in [2.24, 2.45) is 5.92 Å². The normalized spacial score (nSPS) is 21.1. The summed E-state index contributed by atoms with van der Waals surface area (Å²) >= 11 is 0. The molecule has 2 aliphatic rings. The molecule has 1 N–H and O–H groups in total. The Morgan fingerprint density at radius 2 is 2.11 bits per heavy atom. The Labute approximate surface area is 115 Å². The van der Waals surface area contributed by atoms with Gasteiger partial charge in [0.1, 0.15) is 5.75 Å². The second-order valence-corrected chi connectivity index (χ2v) is 5.91. The van der Waals surface area contributed by atoms with Crippen LogP contribution in [0.5, 0.6) is 5.75 Å². The van der Waals surface area contributed by atoms with Gasteiger partial charge in [0.15, 0.2) is 0 Å². The number of nitrogens with one attached hydrogen (secondary N) is 1. The van der Waals surface area contributed by atoms with E-state index < -0.39 is 0 Å². The third-order valence-corrected chi connectivity index (χ3v) is 4.39. The van der Waals surface area contributed by atoms with E-state index in [1.54, 1.807) is 0 Å². The monoisotopic (exact) mass is 260 g/mol. The lowest BCUT2D eigenvalue weighted by molar-refractivity contribution is 0.160. The van der Waals surface area contributed by atoms with Gasteiger partial charge < -0.3 is 15.0 Å². The van der Waals surface area contributed by atoms with E-state index in [9.17, 15) is 0 Å². The van der Waals surface area contributed by atoms with Gasteiger partial charge in [-0.3, -0.25) is 0 Å². The Balaban J connectivity index is 1.55. The molecule has 1 aromatic carbocycles. The number of rotatable bonds is 3. The summed E-state index contributed by atoms with van der Waals surface area (Å²) in [5.74, 6) is 1.79. The number of hydrogen-bond donors (Lipinski definition) is 1. The molecule has 0 radical (unpaired) electrons. The molecule has 0 aromatic heterocycles. The van der Waals surface area contributed by atoms with Crippen LogP contribution in [0.1, 0.15) is 24.0 Å². The molecule has 1 saturated heterocycles. The maximum Gasteiger partial charge on any atom is 0.119 e. The molecule has 1 aromatic rings. The molecule has 104 valence electrons. The van der Waals surface area contributed by atoms with Crippen molar-refractivity contribution in [1.29, 1.82) is 0 Å². The zero-order valence-electron chi connectivity index (χ0n) is 11.8. The zero-order chi connectivity index (χ0) is 13.1. The van der Waals surface area contributed by atoms with E-state index in [0.717, 1.165) is 37.8 Å². The number of hydrogen-bond acceptors (Lipinski definition) is 3. The van der Waals surface area contributed by atoms with E-state index in [4.69, 9.17) is 4.74 Å². The number of piperidine rings is 1. The molecule has 0 spiro atoms. The van der Waals surface area contributed by atoms with Crippen LogP contribution in [0.25, 0.3) is 0 Å². The summed E-state index contributed by atoms with van der Waals surface area (Å²) in [4.78, 5) is 2.41. The standard InChI is InChI=1S/C16H24N2O/c1-18-8-5-13(6-9-18)12-19-16-3-2-15-11-17-7-4-14(15)10-16/h2-3,10,13,17H,4-9,11-12H2,1H3. The summed E-state index contributed by atoms with van der Waals surface area (Å²) in [5.41, 5.74) is 2.89. The molecule has 0 saturated carbocycles. The van der Waals surface area contributed by atoms with Crippen LogP contribution in [0, 0.1) is 5.92 Å². The molecular weight excluding hydrogens is 236 g/mol. The van der Waals surface area contributed by atoms with Crippen LogP contribution in [0.2, 0.25) is 0 Å². The highest BCUT2D eigenvalue weighted by Crippen LogP contribution is 2.23. The maximum atomic E-state index is 6.01. The van der Waals surface area contributed by atoms with Gasteiger partial charge in [-0.15, -0.1) is 0 Å².